The molecule has 112 valence electrons. The number of carbonyl (C=O) groups is 1. The lowest BCUT2D eigenvalue weighted by Crippen LogP contribution is -2.33. The zero-order valence-electron chi connectivity index (χ0n) is 10.5. The molecule has 0 saturated carbocycles. The third-order valence-corrected chi connectivity index (χ3v) is 5.78. The van der Waals surface area contributed by atoms with E-state index in [1.807, 2.05) is 0 Å². The number of aliphatic hydroxyl groups excluding tert-OH is 1. The number of hydrogen-bond donors (Lipinski definition) is 2. The van der Waals surface area contributed by atoms with E-state index in [0.717, 1.165) is 10.4 Å². The molecule has 0 unspecified atom stereocenters. The normalized spacial score (nSPS) is 11.8. The minimum atomic E-state index is -3.89. The van der Waals surface area contributed by atoms with Crippen molar-refractivity contribution in [2.45, 2.75) is 11.8 Å². The van der Waals surface area contributed by atoms with Crippen molar-refractivity contribution in [2.24, 2.45) is 0 Å². The molecule has 0 bridgehead atoms. The molecule has 9 heteroatoms. The van der Waals surface area contributed by atoms with Crippen LogP contribution in [0, 0.1) is 0 Å². The molecule has 2 N–H and O–H groups in total. The predicted molar refractivity (Wildman–Crippen MR) is 77.6 cm³/mol. The molecule has 6 nitrogen and oxygen atoms in total. The summed E-state index contributed by atoms with van der Waals surface area (Å²) in [5.41, 5.74) is -0.306. The maximum atomic E-state index is 12.3. The fourth-order valence-electron chi connectivity index (χ4n) is 1.58. The fraction of sp³-hybridized carbons (Fsp3) is 0.364. The number of aliphatic hydroxyl groups is 1. The van der Waals surface area contributed by atoms with E-state index in [1.165, 1.54) is 6.07 Å². The minimum Gasteiger partial charge on any atom is -0.478 e. The molecular weight excluding hydrogens is 374 g/mol. The first-order chi connectivity index (χ1) is 9.25. The lowest BCUT2D eigenvalue weighted by Gasteiger charge is -2.20. The molecular formula is C11H13BrClNO5S. The Labute approximate surface area is 130 Å². The van der Waals surface area contributed by atoms with E-state index in [-0.39, 0.29) is 39.7 Å². The SMILES string of the molecule is CCN(CCO)S(=O)(=O)c1cc(Br)c(Cl)c(C(=O)O)c1. The minimum absolute atomic E-state index is 0.0679. The van der Waals surface area contributed by atoms with E-state index in [1.54, 1.807) is 6.92 Å². The lowest BCUT2D eigenvalue weighted by atomic mass is 10.2. The molecule has 0 aliphatic heterocycles. The Morgan fingerprint density at radius 2 is 2.05 bits per heavy atom. The Hall–Kier alpha value is -0.670. The van der Waals surface area contributed by atoms with Gasteiger partial charge in [-0.05, 0) is 28.1 Å². The quantitative estimate of drug-likeness (QED) is 0.777. The van der Waals surface area contributed by atoms with Crippen LogP contribution < -0.4 is 0 Å². The van der Waals surface area contributed by atoms with Crippen LogP contribution in [0.2, 0.25) is 5.02 Å². The number of nitrogens with zero attached hydrogens (tertiary/aromatic N) is 1. The number of halogens is 2. The van der Waals surface area contributed by atoms with Crippen LogP contribution in [0.4, 0.5) is 0 Å². The Morgan fingerprint density at radius 3 is 2.50 bits per heavy atom. The van der Waals surface area contributed by atoms with Crippen LogP contribution in [0.15, 0.2) is 21.5 Å². The van der Waals surface area contributed by atoms with Crippen LogP contribution in [0.5, 0.6) is 0 Å². The van der Waals surface area contributed by atoms with Gasteiger partial charge >= 0.3 is 5.97 Å². The second-order valence-electron chi connectivity index (χ2n) is 3.79. The highest BCUT2D eigenvalue weighted by molar-refractivity contribution is 9.10. The number of sulfonamides is 1. The molecule has 0 heterocycles. The lowest BCUT2D eigenvalue weighted by molar-refractivity contribution is 0.0696. The summed E-state index contributed by atoms with van der Waals surface area (Å²) in [6.07, 6.45) is 0. The summed E-state index contributed by atoms with van der Waals surface area (Å²) in [5, 5.41) is 17.8. The van der Waals surface area contributed by atoms with E-state index in [4.69, 9.17) is 21.8 Å². The van der Waals surface area contributed by atoms with Gasteiger partial charge in [0.25, 0.3) is 0 Å². The van der Waals surface area contributed by atoms with Crippen molar-refractivity contribution in [3.63, 3.8) is 0 Å². The molecule has 0 saturated heterocycles. The second-order valence-corrected chi connectivity index (χ2v) is 6.96. The Kier molecular flexibility index (Phi) is 5.96. The van der Waals surface area contributed by atoms with Crippen molar-refractivity contribution in [1.82, 2.24) is 4.31 Å². The van der Waals surface area contributed by atoms with E-state index < -0.39 is 16.0 Å². The monoisotopic (exact) mass is 385 g/mol. The van der Waals surface area contributed by atoms with Gasteiger partial charge in [0, 0.05) is 17.6 Å². The molecule has 1 aromatic carbocycles. The van der Waals surface area contributed by atoms with Crippen molar-refractivity contribution in [1.29, 1.82) is 0 Å². The van der Waals surface area contributed by atoms with Crippen molar-refractivity contribution in [2.75, 3.05) is 19.7 Å². The second kappa shape index (κ2) is 6.86. The zero-order valence-corrected chi connectivity index (χ0v) is 13.7. The van der Waals surface area contributed by atoms with Gasteiger partial charge in [0.2, 0.25) is 10.0 Å². The van der Waals surface area contributed by atoms with Crippen LogP contribution in [0.3, 0.4) is 0 Å². The standard InChI is InChI=1S/C11H13BrClNO5S/c1-2-14(3-4-15)20(18,19)7-5-8(11(16)17)10(13)9(12)6-7/h5-6,15H,2-4H2,1H3,(H,16,17). The van der Waals surface area contributed by atoms with Gasteiger partial charge in [-0.25, -0.2) is 13.2 Å². The van der Waals surface area contributed by atoms with Gasteiger partial charge in [-0.2, -0.15) is 4.31 Å². The third-order valence-electron chi connectivity index (χ3n) is 2.57. The Morgan fingerprint density at radius 1 is 1.45 bits per heavy atom. The first-order valence-electron chi connectivity index (χ1n) is 5.59. The van der Waals surface area contributed by atoms with Crippen LogP contribution >= 0.6 is 27.5 Å². The fourth-order valence-corrected chi connectivity index (χ4v) is 3.87. The van der Waals surface area contributed by atoms with Crippen molar-refractivity contribution < 1.29 is 23.4 Å². The number of hydrogen-bond acceptors (Lipinski definition) is 4. The van der Waals surface area contributed by atoms with E-state index in [9.17, 15) is 13.2 Å². The van der Waals surface area contributed by atoms with Crippen molar-refractivity contribution >= 4 is 43.5 Å². The van der Waals surface area contributed by atoms with Gasteiger partial charge in [0.1, 0.15) is 0 Å². The molecule has 1 rings (SSSR count). The Bertz CT molecular complexity index is 619. The van der Waals surface area contributed by atoms with Gasteiger partial charge in [-0.1, -0.05) is 18.5 Å². The number of carboxylic acid groups (broad SMARTS) is 1. The highest BCUT2D eigenvalue weighted by Crippen LogP contribution is 2.31. The number of carboxylic acids is 1. The largest absolute Gasteiger partial charge is 0.478 e. The van der Waals surface area contributed by atoms with Gasteiger partial charge < -0.3 is 10.2 Å². The highest BCUT2D eigenvalue weighted by Gasteiger charge is 2.26. The molecule has 0 aliphatic rings. The third kappa shape index (κ3) is 3.50. The van der Waals surface area contributed by atoms with Gasteiger partial charge in [0.15, 0.2) is 0 Å². The topological polar surface area (TPSA) is 94.9 Å². The van der Waals surface area contributed by atoms with Gasteiger partial charge in [-0.15, -0.1) is 0 Å². The molecule has 0 aliphatic carbocycles. The molecule has 0 fully saturated rings. The van der Waals surface area contributed by atoms with Crippen molar-refractivity contribution in [3.05, 3.63) is 27.2 Å². The summed E-state index contributed by atoms with van der Waals surface area (Å²) in [6, 6.07) is 2.24. The molecule has 0 atom stereocenters. The van der Waals surface area contributed by atoms with E-state index >= 15 is 0 Å². The summed E-state index contributed by atoms with van der Waals surface area (Å²) in [5.74, 6) is -1.32. The number of rotatable bonds is 6. The van der Waals surface area contributed by atoms with Gasteiger partial charge in [-0.3, -0.25) is 0 Å². The first kappa shape index (κ1) is 17.4. The highest BCUT2D eigenvalue weighted by atomic mass is 79.9. The number of likely N-dealkylation sites (N-methyl/N-ethyl adjacent to an activating group) is 1. The zero-order chi connectivity index (χ0) is 15.5. The number of aromatic carboxylic acids is 1. The maximum absolute atomic E-state index is 12.3. The smallest absolute Gasteiger partial charge is 0.337 e. The first-order valence-corrected chi connectivity index (χ1v) is 8.20. The molecule has 0 spiro atoms. The average molecular weight is 387 g/mol. The Balaban J connectivity index is 3.43. The summed E-state index contributed by atoms with van der Waals surface area (Å²) in [7, 11) is -3.89. The molecule has 20 heavy (non-hydrogen) atoms. The molecule has 0 amide bonds. The average Bonchev–Trinajstić information content (AvgIpc) is 2.38. The van der Waals surface area contributed by atoms with Crippen LogP contribution in [-0.2, 0) is 10.0 Å². The summed E-state index contributed by atoms with van der Waals surface area (Å²) < 4.78 is 25.9. The van der Waals surface area contributed by atoms with Crippen molar-refractivity contribution in [3.8, 4) is 0 Å². The predicted octanol–water partition coefficient (Wildman–Crippen LogP) is 1.80. The molecule has 0 radical (unpaired) electrons. The van der Waals surface area contributed by atoms with E-state index in [2.05, 4.69) is 15.9 Å². The summed E-state index contributed by atoms with van der Waals surface area (Å²) >= 11 is 8.85. The van der Waals surface area contributed by atoms with Gasteiger partial charge in [0.05, 0.1) is 22.1 Å². The number of benzene rings is 1. The molecule has 0 aromatic heterocycles. The summed E-state index contributed by atoms with van der Waals surface area (Å²) in [4.78, 5) is 10.9. The summed E-state index contributed by atoms with van der Waals surface area (Å²) in [6.45, 7) is 1.39. The van der Waals surface area contributed by atoms with Crippen LogP contribution in [0.25, 0.3) is 0 Å². The maximum Gasteiger partial charge on any atom is 0.337 e. The van der Waals surface area contributed by atoms with Crippen LogP contribution in [-0.4, -0.2) is 48.6 Å². The van der Waals surface area contributed by atoms with Crippen LogP contribution in [0.1, 0.15) is 17.3 Å². The van der Waals surface area contributed by atoms with E-state index in [0.29, 0.717) is 0 Å². The molecule has 1 aromatic rings.